The van der Waals surface area contributed by atoms with Crippen LogP contribution in [0.25, 0.3) is 0 Å². The third kappa shape index (κ3) is 2.86. The van der Waals surface area contributed by atoms with Crippen LogP contribution in [-0.2, 0) is 9.59 Å². The zero-order valence-corrected chi connectivity index (χ0v) is 12.4. The number of amides is 4. The van der Waals surface area contributed by atoms with E-state index in [1.54, 1.807) is 0 Å². The van der Waals surface area contributed by atoms with E-state index in [9.17, 15) is 14.4 Å². The first kappa shape index (κ1) is 15.0. The summed E-state index contributed by atoms with van der Waals surface area (Å²) >= 11 is 0. The third-order valence-corrected chi connectivity index (χ3v) is 4.64. The second-order valence-electron chi connectivity index (χ2n) is 5.93. The van der Waals surface area contributed by atoms with Crippen molar-refractivity contribution in [3.8, 4) is 0 Å². The highest BCUT2D eigenvalue weighted by Gasteiger charge is 2.43. The van der Waals surface area contributed by atoms with Gasteiger partial charge in [-0.1, -0.05) is 26.7 Å². The molecule has 1 heterocycles. The Labute approximate surface area is 120 Å². The summed E-state index contributed by atoms with van der Waals surface area (Å²) in [6.45, 7) is 4.12. The van der Waals surface area contributed by atoms with Gasteiger partial charge in [0.15, 0.2) is 0 Å². The quantitative estimate of drug-likeness (QED) is 0.804. The summed E-state index contributed by atoms with van der Waals surface area (Å²) in [5, 5.41) is 2.34. The first-order valence-electron chi connectivity index (χ1n) is 7.76. The van der Waals surface area contributed by atoms with Crippen molar-refractivity contribution in [2.45, 2.75) is 64.8 Å². The molecule has 1 aliphatic heterocycles. The van der Waals surface area contributed by atoms with Gasteiger partial charge in [-0.05, 0) is 38.0 Å². The molecule has 0 aromatic heterocycles. The number of carbonyl (C=O) groups excluding carboxylic acids is 3. The Bertz CT molecular complexity index is 400. The van der Waals surface area contributed by atoms with Crippen molar-refractivity contribution in [3.05, 3.63) is 0 Å². The number of rotatable bonds is 4. The minimum absolute atomic E-state index is 0.0299. The van der Waals surface area contributed by atoms with Gasteiger partial charge in [0.2, 0.25) is 11.8 Å². The highest BCUT2D eigenvalue weighted by molar-refractivity contribution is 6.16. The fourth-order valence-electron chi connectivity index (χ4n) is 3.33. The molecule has 0 spiro atoms. The molecule has 2 rings (SSSR count). The van der Waals surface area contributed by atoms with Crippen LogP contribution in [0.3, 0.4) is 0 Å². The van der Waals surface area contributed by atoms with Gasteiger partial charge in [0.05, 0.1) is 0 Å². The number of hydrogen-bond donors (Lipinski definition) is 1. The van der Waals surface area contributed by atoms with E-state index in [1.165, 1.54) is 4.90 Å². The summed E-state index contributed by atoms with van der Waals surface area (Å²) < 4.78 is 0. The van der Waals surface area contributed by atoms with Crippen molar-refractivity contribution >= 4 is 17.8 Å². The molecule has 112 valence electrons. The molecule has 0 aromatic rings. The molecule has 2 aliphatic rings. The first-order valence-corrected chi connectivity index (χ1v) is 7.76. The summed E-state index contributed by atoms with van der Waals surface area (Å²) in [6.07, 6.45) is 6.28. The van der Waals surface area contributed by atoms with Gasteiger partial charge in [0, 0.05) is 6.04 Å². The van der Waals surface area contributed by atoms with Gasteiger partial charge in [-0.15, -0.1) is 0 Å². The maximum absolute atomic E-state index is 12.4. The van der Waals surface area contributed by atoms with Gasteiger partial charge in [-0.25, -0.2) is 4.79 Å². The van der Waals surface area contributed by atoms with Gasteiger partial charge >= 0.3 is 6.03 Å². The van der Waals surface area contributed by atoms with Crippen LogP contribution >= 0.6 is 0 Å². The van der Waals surface area contributed by atoms with Gasteiger partial charge in [0.1, 0.15) is 5.92 Å². The number of nitrogens with zero attached hydrogens (tertiary/aromatic N) is 1. The molecule has 20 heavy (non-hydrogen) atoms. The molecule has 4 amide bonds. The van der Waals surface area contributed by atoms with Gasteiger partial charge in [-0.3, -0.25) is 19.8 Å². The van der Waals surface area contributed by atoms with Crippen molar-refractivity contribution in [2.24, 2.45) is 11.8 Å². The Hall–Kier alpha value is -1.39. The predicted molar refractivity (Wildman–Crippen MR) is 74.8 cm³/mol. The monoisotopic (exact) mass is 280 g/mol. The standard InChI is InChI=1S/C15H24N2O3/c1-3-5-12-13(18)16-15(20)17(14(12)19)11-8-6-10(4-2)7-9-11/h10-12H,3-9H2,1-2H3,(H,16,18,20). The topological polar surface area (TPSA) is 66.5 Å². The second-order valence-corrected chi connectivity index (χ2v) is 5.93. The SMILES string of the molecule is CCCC1C(=O)NC(=O)N(C2CCC(CC)CC2)C1=O. The second kappa shape index (κ2) is 6.37. The molecule has 0 radical (unpaired) electrons. The summed E-state index contributed by atoms with van der Waals surface area (Å²) in [7, 11) is 0. The number of barbiturate groups is 1. The molecule has 2 fully saturated rings. The minimum Gasteiger partial charge on any atom is -0.277 e. The van der Waals surface area contributed by atoms with E-state index in [4.69, 9.17) is 0 Å². The number of urea groups is 1. The summed E-state index contributed by atoms with van der Waals surface area (Å²) in [4.78, 5) is 37.5. The highest BCUT2D eigenvalue weighted by Crippen LogP contribution is 2.31. The molecule has 5 nitrogen and oxygen atoms in total. The summed E-state index contributed by atoms with van der Waals surface area (Å²) in [5.74, 6) is -0.690. The van der Waals surface area contributed by atoms with Crippen LogP contribution < -0.4 is 5.32 Å². The zero-order valence-electron chi connectivity index (χ0n) is 12.4. The lowest BCUT2D eigenvalue weighted by Gasteiger charge is -2.39. The lowest BCUT2D eigenvalue weighted by molar-refractivity contribution is -0.144. The van der Waals surface area contributed by atoms with E-state index in [-0.39, 0.29) is 11.9 Å². The molecule has 0 aromatic carbocycles. The Kier molecular flexibility index (Phi) is 4.78. The number of hydrogen-bond acceptors (Lipinski definition) is 3. The Morgan fingerprint density at radius 3 is 2.30 bits per heavy atom. The smallest absolute Gasteiger partial charge is 0.277 e. The van der Waals surface area contributed by atoms with Crippen LogP contribution in [0.4, 0.5) is 4.79 Å². The third-order valence-electron chi connectivity index (χ3n) is 4.64. The number of carbonyl (C=O) groups is 3. The normalized spacial score (nSPS) is 31.4. The molecular weight excluding hydrogens is 256 g/mol. The summed E-state index contributed by atoms with van der Waals surface area (Å²) in [6, 6.07) is -0.551. The lowest BCUT2D eigenvalue weighted by atomic mass is 9.83. The molecular formula is C15H24N2O3. The number of imide groups is 2. The Morgan fingerprint density at radius 1 is 1.10 bits per heavy atom. The minimum atomic E-state index is -0.679. The fourth-order valence-corrected chi connectivity index (χ4v) is 3.33. The highest BCUT2D eigenvalue weighted by atomic mass is 16.2. The first-order chi connectivity index (χ1) is 9.58. The maximum Gasteiger partial charge on any atom is 0.331 e. The van der Waals surface area contributed by atoms with Gasteiger partial charge < -0.3 is 0 Å². The van der Waals surface area contributed by atoms with Gasteiger partial charge in [0.25, 0.3) is 0 Å². The predicted octanol–water partition coefficient (Wildman–Crippen LogP) is 2.45. The van der Waals surface area contributed by atoms with Crippen molar-refractivity contribution in [2.75, 3.05) is 0 Å². The molecule has 1 atom stereocenters. The molecule has 0 bridgehead atoms. The van der Waals surface area contributed by atoms with E-state index in [0.29, 0.717) is 12.3 Å². The van der Waals surface area contributed by atoms with Gasteiger partial charge in [-0.2, -0.15) is 0 Å². The van der Waals surface area contributed by atoms with Crippen molar-refractivity contribution in [1.82, 2.24) is 10.2 Å². The van der Waals surface area contributed by atoms with Crippen molar-refractivity contribution in [1.29, 1.82) is 0 Å². The van der Waals surface area contributed by atoms with Crippen LogP contribution in [0.2, 0.25) is 0 Å². The average molecular weight is 280 g/mol. The molecule has 1 saturated carbocycles. The largest absolute Gasteiger partial charge is 0.331 e. The van der Waals surface area contributed by atoms with Crippen LogP contribution in [-0.4, -0.2) is 28.8 Å². The maximum atomic E-state index is 12.4. The molecule has 1 saturated heterocycles. The van der Waals surface area contributed by atoms with Crippen LogP contribution in [0.15, 0.2) is 0 Å². The van der Waals surface area contributed by atoms with Crippen molar-refractivity contribution < 1.29 is 14.4 Å². The van der Waals surface area contributed by atoms with E-state index in [1.807, 2.05) is 6.92 Å². The Balaban J connectivity index is 2.08. The molecule has 1 aliphatic carbocycles. The summed E-state index contributed by atoms with van der Waals surface area (Å²) in [5.41, 5.74) is 0. The molecule has 1 N–H and O–H groups in total. The van der Waals surface area contributed by atoms with E-state index >= 15 is 0 Å². The number of nitrogens with one attached hydrogen (secondary N) is 1. The zero-order chi connectivity index (χ0) is 14.7. The molecule has 5 heteroatoms. The Morgan fingerprint density at radius 2 is 1.75 bits per heavy atom. The average Bonchev–Trinajstić information content (AvgIpc) is 2.44. The van der Waals surface area contributed by atoms with E-state index < -0.39 is 17.9 Å². The fraction of sp³-hybridized carbons (Fsp3) is 0.800. The van der Waals surface area contributed by atoms with E-state index in [0.717, 1.165) is 38.5 Å². The van der Waals surface area contributed by atoms with Crippen LogP contribution in [0, 0.1) is 11.8 Å². The molecule has 1 unspecified atom stereocenters. The van der Waals surface area contributed by atoms with E-state index in [2.05, 4.69) is 12.2 Å². The van der Waals surface area contributed by atoms with Crippen LogP contribution in [0.1, 0.15) is 58.8 Å². The lowest BCUT2D eigenvalue weighted by Crippen LogP contribution is -2.61. The van der Waals surface area contributed by atoms with Crippen molar-refractivity contribution in [3.63, 3.8) is 0 Å². The van der Waals surface area contributed by atoms with Crippen LogP contribution in [0.5, 0.6) is 0 Å².